The lowest BCUT2D eigenvalue weighted by Crippen LogP contribution is -2.48. The van der Waals surface area contributed by atoms with Crippen LogP contribution in [0.15, 0.2) is 22.7 Å². The first-order valence-electron chi connectivity index (χ1n) is 11.5. The summed E-state index contributed by atoms with van der Waals surface area (Å²) in [5.41, 5.74) is 0.402. The van der Waals surface area contributed by atoms with Crippen LogP contribution in [0.25, 0.3) is 0 Å². The zero-order valence-electron chi connectivity index (χ0n) is 19.9. The minimum Gasteiger partial charge on any atom is -0.443 e. The van der Waals surface area contributed by atoms with E-state index in [-0.39, 0.29) is 35.1 Å². The van der Waals surface area contributed by atoms with Crippen LogP contribution in [0.1, 0.15) is 78.7 Å². The molecule has 2 aromatic rings. The van der Waals surface area contributed by atoms with Crippen LogP contribution in [0.5, 0.6) is 0 Å². The van der Waals surface area contributed by atoms with E-state index in [1.807, 2.05) is 13.8 Å². The van der Waals surface area contributed by atoms with Gasteiger partial charge in [-0.3, -0.25) is 19.2 Å². The number of H-pyrrole nitrogens is 1. The van der Waals surface area contributed by atoms with Crippen molar-refractivity contribution in [3.05, 3.63) is 41.4 Å². The fraction of sp³-hybridized carbons (Fsp3) is 0.522. The summed E-state index contributed by atoms with van der Waals surface area (Å²) < 4.78 is 5.74. The number of amides is 4. The van der Waals surface area contributed by atoms with Gasteiger partial charge in [-0.1, -0.05) is 13.8 Å². The number of fused-ring (bicyclic) bond motifs is 2. The average Bonchev–Trinajstić information content (AvgIpc) is 3.45. The third-order valence-electron chi connectivity index (χ3n) is 5.68. The molecule has 0 fully saturated rings. The van der Waals surface area contributed by atoms with Crippen molar-refractivity contribution in [1.29, 1.82) is 0 Å². The Labute approximate surface area is 197 Å². The maximum atomic E-state index is 13.2. The van der Waals surface area contributed by atoms with Crippen molar-refractivity contribution < 1.29 is 23.6 Å². The van der Waals surface area contributed by atoms with Crippen molar-refractivity contribution >= 4 is 23.6 Å². The smallest absolute Gasteiger partial charge is 0.274 e. The number of hydrogen-bond donors (Lipinski definition) is 5. The van der Waals surface area contributed by atoms with E-state index in [1.54, 1.807) is 32.2 Å². The quantitative estimate of drug-likeness (QED) is 0.453. The van der Waals surface area contributed by atoms with Crippen molar-refractivity contribution in [2.75, 3.05) is 6.54 Å². The highest BCUT2D eigenvalue weighted by molar-refractivity contribution is 5.97. The van der Waals surface area contributed by atoms with E-state index in [4.69, 9.17) is 4.42 Å². The maximum absolute atomic E-state index is 13.2. The Morgan fingerprint density at radius 1 is 1.18 bits per heavy atom. The molecular formula is C23H32N6O5. The topological polar surface area (TPSA) is 158 Å². The van der Waals surface area contributed by atoms with E-state index in [2.05, 4.69) is 31.2 Å². The second kappa shape index (κ2) is 11.0. The molecule has 0 saturated carbocycles. The number of nitrogens with zero attached hydrogens (tertiary/aromatic N) is 1. The van der Waals surface area contributed by atoms with Gasteiger partial charge in [0.15, 0.2) is 5.69 Å². The molecule has 184 valence electrons. The highest BCUT2D eigenvalue weighted by Gasteiger charge is 2.31. The standard InChI is InChI=1S/C23H32N6O5/c1-12(2)17-23-29-18(14(4)34-23)22(33)26-13(3)19(30)25-10-6-5-8-16(21(32)28-17)27-20(31)15-9-7-11-24-15/h7,9,11-13,16-17,24H,5-6,8,10H2,1-4H3,(H,25,30)(H,26,33)(H,27,31)(H,28,32)/t13-,16+,17+/m1/s1. The molecule has 3 heterocycles. The molecule has 1 aliphatic rings. The third-order valence-corrected chi connectivity index (χ3v) is 5.68. The Hall–Kier alpha value is -3.63. The van der Waals surface area contributed by atoms with Gasteiger partial charge in [-0.25, -0.2) is 4.98 Å². The van der Waals surface area contributed by atoms with E-state index in [0.717, 1.165) is 0 Å². The average molecular weight is 473 g/mol. The zero-order chi connectivity index (χ0) is 24.8. The van der Waals surface area contributed by atoms with Gasteiger partial charge in [0, 0.05) is 12.7 Å². The predicted octanol–water partition coefficient (Wildman–Crippen LogP) is 1.34. The Morgan fingerprint density at radius 3 is 2.62 bits per heavy atom. The first kappa shape index (κ1) is 25.0. The van der Waals surface area contributed by atoms with E-state index >= 15 is 0 Å². The fourth-order valence-corrected chi connectivity index (χ4v) is 3.67. The molecule has 11 nitrogen and oxygen atoms in total. The van der Waals surface area contributed by atoms with Gasteiger partial charge < -0.3 is 30.7 Å². The van der Waals surface area contributed by atoms with Crippen molar-refractivity contribution in [3.63, 3.8) is 0 Å². The predicted molar refractivity (Wildman–Crippen MR) is 123 cm³/mol. The van der Waals surface area contributed by atoms with E-state index in [0.29, 0.717) is 31.5 Å². The summed E-state index contributed by atoms with van der Waals surface area (Å²) in [5.74, 6) is -1.28. The molecule has 2 bridgehead atoms. The fourth-order valence-electron chi connectivity index (χ4n) is 3.67. The summed E-state index contributed by atoms with van der Waals surface area (Å²) in [4.78, 5) is 58.0. The molecule has 0 radical (unpaired) electrons. The highest BCUT2D eigenvalue weighted by atomic mass is 16.4. The largest absolute Gasteiger partial charge is 0.443 e. The van der Waals surface area contributed by atoms with E-state index < -0.39 is 29.9 Å². The molecule has 5 N–H and O–H groups in total. The lowest BCUT2D eigenvalue weighted by Gasteiger charge is -2.24. The van der Waals surface area contributed by atoms with Gasteiger partial charge in [0.1, 0.15) is 29.6 Å². The van der Waals surface area contributed by atoms with Crippen LogP contribution >= 0.6 is 0 Å². The Morgan fingerprint density at radius 2 is 1.94 bits per heavy atom. The molecule has 34 heavy (non-hydrogen) atoms. The minimum absolute atomic E-state index is 0.0539. The number of aromatic amines is 1. The van der Waals surface area contributed by atoms with Gasteiger partial charge in [0.2, 0.25) is 17.7 Å². The molecule has 3 rings (SSSR count). The number of carbonyl (C=O) groups is 4. The van der Waals surface area contributed by atoms with E-state index in [9.17, 15) is 19.2 Å². The number of aryl methyl sites for hydroxylation is 1. The molecule has 2 aromatic heterocycles. The summed E-state index contributed by atoms with van der Waals surface area (Å²) in [6.07, 6.45) is 3.19. The molecule has 0 aliphatic carbocycles. The number of hydrogen-bond acceptors (Lipinski definition) is 6. The molecule has 4 amide bonds. The van der Waals surface area contributed by atoms with Gasteiger partial charge in [0.25, 0.3) is 11.8 Å². The number of nitrogens with one attached hydrogen (secondary N) is 5. The van der Waals surface area contributed by atoms with Gasteiger partial charge in [0.05, 0.1) is 0 Å². The molecule has 11 heteroatoms. The minimum atomic E-state index is -0.807. The molecular weight excluding hydrogens is 440 g/mol. The summed E-state index contributed by atoms with van der Waals surface area (Å²) in [7, 11) is 0. The number of oxazole rings is 1. The summed E-state index contributed by atoms with van der Waals surface area (Å²) in [5, 5.41) is 11.1. The molecule has 0 unspecified atom stereocenters. The van der Waals surface area contributed by atoms with Crippen LogP contribution in [-0.2, 0) is 9.59 Å². The number of rotatable bonds is 3. The second-order valence-corrected chi connectivity index (χ2v) is 8.78. The molecule has 0 spiro atoms. The molecule has 1 aliphatic heterocycles. The highest BCUT2D eigenvalue weighted by Crippen LogP contribution is 2.24. The van der Waals surface area contributed by atoms with Gasteiger partial charge in [-0.05, 0) is 51.2 Å². The molecule has 3 atom stereocenters. The number of aromatic nitrogens is 2. The van der Waals surface area contributed by atoms with Crippen LogP contribution in [0.3, 0.4) is 0 Å². The number of carbonyl (C=O) groups excluding carboxylic acids is 4. The third kappa shape index (κ3) is 6.03. The van der Waals surface area contributed by atoms with Crippen LogP contribution in [-0.4, -0.2) is 52.2 Å². The Bertz CT molecular complexity index is 1030. The van der Waals surface area contributed by atoms with E-state index in [1.165, 1.54) is 0 Å². The molecule has 0 aromatic carbocycles. The van der Waals surface area contributed by atoms with Crippen molar-refractivity contribution in [2.24, 2.45) is 5.92 Å². The normalized spacial score (nSPS) is 22.6. The first-order chi connectivity index (χ1) is 16.2. The Kier molecular flexibility index (Phi) is 8.08. The van der Waals surface area contributed by atoms with Crippen LogP contribution in [0, 0.1) is 12.8 Å². The van der Waals surface area contributed by atoms with Gasteiger partial charge in [-0.15, -0.1) is 0 Å². The van der Waals surface area contributed by atoms with Crippen molar-refractivity contribution in [3.8, 4) is 0 Å². The monoisotopic (exact) mass is 472 g/mol. The summed E-state index contributed by atoms with van der Waals surface area (Å²) in [6.45, 7) is 7.35. The second-order valence-electron chi connectivity index (χ2n) is 8.78. The van der Waals surface area contributed by atoms with Crippen molar-refractivity contribution in [2.45, 2.75) is 65.1 Å². The Balaban J connectivity index is 1.89. The van der Waals surface area contributed by atoms with Crippen LogP contribution < -0.4 is 21.3 Å². The van der Waals surface area contributed by atoms with Crippen LogP contribution in [0.2, 0.25) is 0 Å². The van der Waals surface area contributed by atoms with Gasteiger partial charge >= 0.3 is 0 Å². The summed E-state index contributed by atoms with van der Waals surface area (Å²) >= 11 is 0. The lowest BCUT2D eigenvalue weighted by atomic mass is 10.0. The first-order valence-corrected chi connectivity index (χ1v) is 11.5. The SMILES string of the molecule is Cc1oc2nc1C(=O)N[C@H](C)C(=O)NCCCC[C@H](NC(=O)c1ccc[nH]1)C(=O)N[C@H]2C(C)C. The van der Waals surface area contributed by atoms with Gasteiger partial charge in [-0.2, -0.15) is 0 Å². The van der Waals surface area contributed by atoms with Crippen LogP contribution in [0.4, 0.5) is 0 Å². The summed E-state index contributed by atoms with van der Waals surface area (Å²) in [6, 6.07) is 1.14. The maximum Gasteiger partial charge on any atom is 0.274 e. The molecule has 0 saturated heterocycles. The lowest BCUT2D eigenvalue weighted by molar-refractivity contribution is -0.124. The zero-order valence-corrected chi connectivity index (χ0v) is 19.9. The van der Waals surface area contributed by atoms with Crippen molar-refractivity contribution in [1.82, 2.24) is 31.2 Å².